The summed E-state index contributed by atoms with van der Waals surface area (Å²) in [7, 11) is 0. The molecule has 1 unspecified atom stereocenters. The summed E-state index contributed by atoms with van der Waals surface area (Å²) in [6, 6.07) is 25.3. The normalized spacial score (nSPS) is 16.7. The smallest absolute Gasteiger partial charge is 0.273 e. The van der Waals surface area contributed by atoms with Crippen molar-refractivity contribution in [2.75, 3.05) is 11.2 Å². The van der Waals surface area contributed by atoms with Crippen LogP contribution in [0.3, 0.4) is 0 Å². The largest absolute Gasteiger partial charge is 0.338 e. The highest BCUT2D eigenvalue weighted by molar-refractivity contribution is 7.98. The predicted octanol–water partition coefficient (Wildman–Crippen LogP) is 4.76. The van der Waals surface area contributed by atoms with Gasteiger partial charge in [-0.25, -0.2) is 9.69 Å². The molecular weight excluding hydrogens is 408 g/mol. The molecule has 1 aliphatic heterocycles. The molecule has 0 aromatic heterocycles. The number of carbonyl (C=O) groups is 3. The fourth-order valence-electron chi connectivity index (χ4n) is 3.66. The zero-order chi connectivity index (χ0) is 21.8. The highest BCUT2D eigenvalue weighted by Crippen LogP contribution is 2.29. The van der Waals surface area contributed by atoms with Gasteiger partial charge in [-0.2, -0.15) is 0 Å². The lowest BCUT2D eigenvalue weighted by Crippen LogP contribution is -2.60. The molecular formula is C25H22N2O3S. The van der Waals surface area contributed by atoms with Crippen molar-refractivity contribution in [3.05, 3.63) is 96.1 Å². The van der Waals surface area contributed by atoms with Crippen molar-refractivity contribution < 1.29 is 14.4 Å². The van der Waals surface area contributed by atoms with Crippen LogP contribution >= 0.6 is 11.8 Å². The Morgan fingerprint density at radius 2 is 1.32 bits per heavy atom. The molecule has 0 spiro atoms. The second-order valence-electron chi connectivity index (χ2n) is 7.31. The van der Waals surface area contributed by atoms with Crippen LogP contribution in [0.2, 0.25) is 0 Å². The molecule has 1 saturated heterocycles. The molecule has 1 fully saturated rings. The molecule has 5 nitrogen and oxygen atoms in total. The highest BCUT2D eigenvalue weighted by Gasteiger charge is 2.46. The van der Waals surface area contributed by atoms with Crippen molar-refractivity contribution >= 4 is 35.3 Å². The monoisotopic (exact) mass is 430 g/mol. The molecule has 0 bridgehead atoms. The number of thioether (sulfide) groups is 1. The fourth-order valence-corrected chi connectivity index (χ4v) is 4.07. The summed E-state index contributed by atoms with van der Waals surface area (Å²) >= 11 is 1.58. The molecule has 0 aliphatic carbocycles. The SMILES string of the molecule is CSc1ccc(N2C(=O)C(Cc3ccccc3)C(=O)N(Cc3ccccc3)C2=O)cc1. The standard InChI is InChI=1S/C25H22N2O3S/c1-31-21-14-12-20(13-15-21)27-24(29)22(16-18-8-4-2-5-9-18)23(28)26(25(27)30)17-19-10-6-3-7-11-19/h2-15,22H,16-17H2,1H3. The summed E-state index contributed by atoms with van der Waals surface area (Å²) in [5, 5.41) is 0. The third kappa shape index (κ3) is 4.39. The zero-order valence-electron chi connectivity index (χ0n) is 17.1. The van der Waals surface area contributed by atoms with E-state index in [1.165, 1.54) is 4.90 Å². The molecule has 3 aromatic rings. The average molecular weight is 431 g/mol. The van der Waals surface area contributed by atoms with Crippen molar-refractivity contribution in [2.45, 2.75) is 17.9 Å². The van der Waals surface area contributed by atoms with E-state index in [1.807, 2.05) is 79.1 Å². The van der Waals surface area contributed by atoms with E-state index in [4.69, 9.17) is 0 Å². The Morgan fingerprint density at radius 3 is 1.90 bits per heavy atom. The van der Waals surface area contributed by atoms with Crippen molar-refractivity contribution in [1.29, 1.82) is 0 Å². The summed E-state index contributed by atoms with van der Waals surface area (Å²) in [6.45, 7) is 0.121. The van der Waals surface area contributed by atoms with Gasteiger partial charge in [0.25, 0.3) is 0 Å². The lowest BCUT2D eigenvalue weighted by Gasteiger charge is -2.37. The van der Waals surface area contributed by atoms with E-state index in [2.05, 4.69) is 0 Å². The lowest BCUT2D eigenvalue weighted by molar-refractivity contribution is -0.141. The molecule has 31 heavy (non-hydrogen) atoms. The Labute approximate surface area is 185 Å². The molecule has 6 heteroatoms. The molecule has 4 amide bonds. The maximum atomic E-state index is 13.4. The molecule has 0 saturated carbocycles. The van der Waals surface area contributed by atoms with Crippen LogP contribution in [0, 0.1) is 5.92 Å². The van der Waals surface area contributed by atoms with Gasteiger partial charge < -0.3 is 0 Å². The average Bonchev–Trinajstić information content (AvgIpc) is 2.81. The van der Waals surface area contributed by atoms with Crippen molar-refractivity contribution in [3.63, 3.8) is 0 Å². The molecule has 1 atom stereocenters. The van der Waals surface area contributed by atoms with Crippen molar-refractivity contribution in [1.82, 2.24) is 4.90 Å². The summed E-state index contributed by atoms with van der Waals surface area (Å²) in [4.78, 5) is 43.3. The van der Waals surface area contributed by atoms with Crippen LogP contribution in [0.5, 0.6) is 0 Å². The number of urea groups is 1. The Bertz CT molecular complexity index is 1020. The minimum atomic E-state index is -0.955. The molecule has 156 valence electrons. The van der Waals surface area contributed by atoms with E-state index >= 15 is 0 Å². The molecule has 0 radical (unpaired) electrons. The first-order valence-electron chi connectivity index (χ1n) is 9.99. The zero-order valence-corrected chi connectivity index (χ0v) is 17.9. The number of imide groups is 2. The number of rotatable bonds is 6. The molecule has 4 rings (SSSR count). The maximum Gasteiger partial charge on any atom is 0.338 e. The molecule has 0 N–H and O–H groups in total. The van der Waals surface area contributed by atoms with Crippen LogP contribution in [-0.4, -0.2) is 29.0 Å². The van der Waals surface area contributed by atoms with Gasteiger partial charge in [-0.05, 0) is 48.1 Å². The van der Waals surface area contributed by atoms with Crippen LogP contribution in [0.25, 0.3) is 0 Å². The van der Waals surface area contributed by atoms with E-state index in [1.54, 1.807) is 23.9 Å². The minimum Gasteiger partial charge on any atom is -0.273 e. The fraction of sp³-hybridized carbons (Fsp3) is 0.160. The van der Waals surface area contributed by atoms with Crippen LogP contribution < -0.4 is 4.90 Å². The Kier molecular flexibility index (Phi) is 6.18. The Morgan fingerprint density at radius 1 is 0.742 bits per heavy atom. The summed E-state index contributed by atoms with van der Waals surface area (Å²) < 4.78 is 0. The number of anilines is 1. The van der Waals surface area contributed by atoms with Crippen molar-refractivity contribution in [3.8, 4) is 0 Å². The maximum absolute atomic E-state index is 13.4. The number of carbonyl (C=O) groups excluding carboxylic acids is 3. The van der Waals surface area contributed by atoms with Gasteiger partial charge in [0.05, 0.1) is 12.2 Å². The van der Waals surface area contributed by atoms with Crippen molar-refractivity contribution in [2.24, 2.45) is 5.92 Å². The molecule has 1 heterocycles. The second-order valence-corrected chi connectivity index (χ2v) is 8.19. The van der Waals surface area contributed by atoms with Gasteiger partial charge in [0.2, 0.25) is 11.8 Å². The van der Waals surface area contributed by atoms with E-state index in [-0.39, 0.29) is 13.0 Å². The van der Waals surface area contributed by atoms with Crippen LogP contribution in [0.15, 0.2) is 89.8 Å². The third-order valence-electron chi connectivity index (χ3n) is 5.30. The van der Waals surface area contributed by atoms with Gasteiger partial charge in [-0.3, -0.25) is 14.5 Å². The van der Waals surface area contributed by atoms with Gasteiger partial charge in [-0.15, -0.1) is 11.8 Å². The number of barbiturate groups is 1. The summed E-state index contributed by atoms with van der Waals surface area (Å²) in [6.07, 6.45) is 2.21. The van der Waals surface area contributed by atoms with Gasteiger partial charge in [0.1, 0.15) is 5.92 Å². The van der Waals surface area contributed by atoms with Crippen LogP contribution in [0.1, 0.15) is 11.1 Å². The Balaban J connectivity index is 1.71. The van der Waals surface area contributed by atoms with Gasteiger partial charge in [0, 0.05) is 4.90 Å². The minimum absolute atomic E-state index is 0.121. The van der Waals surface area contributed by atoms with E-state index in [0.717, 1.165) is 20.9 Å². The first-order valence-corrected chi connectivity index (χ1v) is 11.2. The Hall–Kier alpha value is -3.38. The molecule has 3 aromatic carbocycles. The quantitative estimate of drug-likeness (QED) is 0.418. The number of benzene rings is 3. The van der Waals surface area contributed by atoms with Gasteiger partial charge in [-0.1, -0.05) is 60.7 Å². The van der Waals surface area contributed by atoms with E-state index < -0.39 is 23.8 Å². The number of nitrogens with zero attached hydrogens (tertiary/aromatic N) is 2. The predicted molar refractivity (Wildman–Crippen MR) is 122 cm³/mol. The summed E-state index contributed by atoms with van der Waals surface area (Å²) in [5.41, 5.74) is 2.17. The van der Waals surface area contributed by atoms with Gasteiger partial charge in [0.15, 0.2) is 0 Å². The van der Waals surface area contributed by atoms with Gasteiger partial charge >= 0.3 is 6.03 Å². The highest BCUT2D eigenvalue weighted by atomic mass is 32.2. The number of amides is 4. The number of hydrogen-bond acceptors (Lipinski definition) is 4. The van der Waals surface area contributed by atoms with Crippen LogP contribution in [0.4, 0.5) is 10.5 Å². The topological polar surface area (TPSA) is 57.7 Å². The first kappa shape index (κ1) is 20.9. The molecule has 1 aliphatic rings. The van der Waals surface area contributed by atoms with E-state index in [0.29, 0.717) is 5.69 Å². The lowest BCUT2D eigenvalue weighted by atomic mass is 9.94. The third-order valence-corrected chi connectivity index (χ3v) is 6.05. The first-order chi connectivity index (χ1) is 15.1. The number of hydrogen-bond donors (Lipinski definition) is 0. The summed E-state index contributed by atoms with van der Waals surface area (Å²) in [5.74, 6) is -1.90. The second kappa shape index (κ2) is 9.18. The van der Waals surface area contributed by atoms with Crippen LogP contribution in [-0.2, 0) is 22.6 Å². The van der Waals surface area contributed by atoms with E-state index in [9.17, 15) is 14.4 Å².